The highest BCUT2D eigenvalue weighted by atomic mass is 16.5. The van der Waals surface area contributed by atoms with Crippen LogP contribution >= 0.6 is 0 Å². The van der Waals surface area contributed by atoms with Crippen molar-refractivity contribution in [3.05, 3.63) is 29.8 Å². The number of nitrogens with one attached hydrogen (secondary N) is 1. The Labute approximate surface area is 110 Å². The molecule has 1 fully saturated rings. The highest BCUT2D eigenvalue weighted by molar-refractivity contribution is 5.33. The van der Waals surface area contributed by atoms with Crippen LogP contribution in [0.15, 0.2) is 24.3 Å². The number of para-hydroxylation sites is 1. The van der Waals surface area contributed by atoms with E-state index < -0.39 is 0 Å². The van der Waals surface area contributed by atoms with E-state index in [1.807, 2.05) is 13.0 Å². The number of nitrogens with zero attached hydrogens (tertiary/aromatic N) is 1. The first-order valence-electron chi connectivity index (χ1n) is 7.04. The van der Waals surface area contributed by atoms with Crippen molar-refractivity contribution in [1.82, 2.24) is 10.2 Å². The fourth-order valence-electron chi connectivity index (χ4n) is 2.41. The van der Waals surface area contributed by atoms with E-state index in [-0.39, 0.29) is 0 Å². The zero-order chi connectivity index (χ0) is 12.6. The molecule has 0 amide bonds. The summed E-state index contributed by atoms with van der Waals surface area (Å²) in [6.07, 6.45) is 2.34. The molecule has 0 aliphatic carbocycles. The van der Waals surface area contributed by atoms with E-state index in [9.17, 15) is 0 Å². The summed E-state index contributed by atoms with van der Waals surface area (Å²) in [6.45, 7) is 8.56. The molecule has 1 aromatic carbocycles. The maximum absolute atomic E-state index is 5.67. The summed E-state index contributed by atoms with van der Waals surface area (Å²) in [7, 11) is 0. The summed E-state index contributed by atoms with van der Waals surface area (Å²) in [6, 6.07) is 8.40. The van der Waals surface area contributed by atoms with Gasteiger partial charge in [0.2, 0.25) is 0 Å². The van der Waals surface area contributed by atoms with Crippen molar-refractivity contribution in [1.29, 1.82) is 0 Å². The summed E-state index contributed by atoms with van der Waals surface area (Å²) in [5, 5.41) is 3.44. The van der Waals surface area contributed by atoms with Crippen LogP contribution in [0.25, 0.3) is 0 Å². The van der Waals surface area contributed by atoms with Crippen molar-refractivity contribution < 1.29 is 4.74 Å². The summed E-state index contributed by atoms with van der Waals surface area (Å²) in [4.78, 5) is 2.54. The van der Waals surface area contributed by atoms with E-state index in [0.29, 0.717) is 0 Å². The molecule has 3 heteroatoms. The molecule has 0 spiro atoms. The molecule has 1 N–H and O–H groups in total. The number of ether oxygens (including phenoxy) is 1. The summed E-state index contributed by atoms with van der Waals surface area (Å²) in [5.41, 5.74) is 1.33. The van der Waals surface area contributed by atoms with Crippen LogP contribution in [0.5, 0.6) is 5.75 Å². The molecule has 1 saturated heterocycles. The summed E-state index contributed by atoms with van der Waals surface area (Å²) < 4.78 is 5.67. The minimum atomic E-state index is 0.741. The van der Waals surface area contributed by atoms with E-state index in [4.69, 9.17) is 4.74 Å². The lowest BCUT2D eigenvalue weighted by molar-refractivity contribution is 0.292. The van der Waals surface area contributed by atoms with Crippen molar-refractivity contribution >= 4 is 0 Å². The molecule has 1 aliphatic rings. The van der Waals surface area contributed by atoms with Gasteiger partial charge in [0.05, 0.1) is 6.61 Å². The standard InChI is InChI=1S/C15H24N2O/c1-2-18-15-7-4-3-6-14(15)8-12-17-11-5-9-16-10-13-17/h3-4,6-7,16H,2,5,8-13H2,1H3. The fraction of sp³-hybridized carbons (Fsp3) is 0.600. The Balaban J connectivity index is 1.88. The first kappa shape index (κ1) is 13.4. The van der Waals surface area contributed by atoms with Gasteiger partial charge in [0.25, 0.3) is 0 Å². The van der Waals surface area contributed by atoms with Crippen LogP contribution in [0.1, 0.15) is 18.9 Å². The average Bonchev–Trinajstić information content (AvgIpc) is 2.67. The van der Waals surface area contributed by atoms with Gasteiger partial charge in [-0.25, -0.2) is 0 Å². The first-order chi connectivity index (χ1) is 8.90. The number of hydrogen-bond acceptors (Lipinski definition) is 3. The first-order valence-corrected chi connectivity index (χ1v) is 7.04. The Kier molecular flexibility index (Phi) is 5.49. The third-order valence-electron chi connectivity index (χ3n) is 3.40. The van der Waals surface area contributed by atoms with Gasteiger partial charge in [-0.05, 0) is 44.5 Å². The Morgan fingerprint density at radius 1 is 1.22 bits per heavy atom. The van der Waals surface area contributed by atoms with Gasteiger partial charge in [0.1, 0.15) is 5.75 Å². The molecule has 0 atom stereocenters. The smallest absolute Gasteiger partial charge is 0.122 e. The van der Waals surface area contributed by atoms with Crippen molar-refractivity contribution in [2.45, 2.75) is 19.8 Å². The molecular formula is C15H24N2O. The molecule has 3 nitrogen and oxygen atoms in total. The number of hydrogen-bond donors (Lipinski definition) is 1. The largest absolute Gasteiger partial charge is 0.494 e. The van der Waals surface area contributed by atoms with Gasteiger partial charge in [0, 0.05) is 19.6 Å². The predicted octanol–water partition coefficient (Wildman–Crippen LogP) is 1.92. The average molecular weight is 248 g/mol. The maximum Gasteiger partial charge on any atom is 0.122 e. The second-order valence-electron chi connectivity index (χ2n) is 4.74. The zero-order valence-electron chi connectivity index (χ0n) is 11.3. The van der Waals surface area contributed by atoms with Gasteiger partial charge < -0.3 is 15.0 Å². The zero-order valence-corrected chi connectivity index (χ0v) is 11.3. The van der Waals surface area contributed by atoms with E-state index in [2.05, 4.69) is 28.4 Å². The topological polar surface area (TPSA) is 24.5 Å². The van der Waals surface area contributed by atoms with Gasteiger partial charge in [-0.2, -0.15) is 0 Å². The quantitative estimate of drug-likeness (QED) is 0.861. The van der Waals surface area contributed by atoms with Crippen molar-refractivity contribution in [3.63, 3.8) is 0 Å². The van der Waals surface area contributed by atoms with Crippen LogP contribution in [0.4, 0.5) is 0 Å². The molecule has 1 aromatic rings. The van der Waals surface area contributed by atoms with Gasteiger partial charge >= 0.3 is 0 Å². The molecule has 18 heavy (non-hydrogen) atoms. The molecule has 0 radical (unpaired) electrons. The van der Waals surface area contributed by atoms with Gasteiger partial charge in [0.15, 0.2) is 0 Å². The molecule has 100 valence electrons. The van der Waals surface area contributed by atoms with E-state index in [1.54, 1.807) is 0 Å². The minimum Gasteiger partial charge on any atom is -0.494 e. The third kappa shape index (κ3) is 4.00. The Hall–Kier alpha value is -1.06. The summed E-state index contributed by atoms with van der Waals surface area (Å²) in [5.74, 6) is 1.05. The Morgan fingerprint density at radius 3 is 3.00 bits per heavy atom. The summed E-state index contributed by atoms with van der Waals surface area (Å²) >= 11 is 0. The fourth-order valence-corrected chi connectivity index (χ4v) is 2.41. The Morgan fingerprint density at radius 2 is 2.11 bits per heavy atom. The molecule has 0 saturated carbocycles. The lowest BCUT2D eigenvalue weighted by Crippen LogP contribution is -2.30. The third-order valence-corrected chi connectivity index (χ3v) is 3.40. The SMILES string of the molecule is CCOc1ccccc1CCN1CCCNCC1. The monoisotopic (exact) mass is 248 g/mol. The van der Waals surface area contributed by atoms with Crippen LogP contribution in [-0.4, -0.2) is 44.2 Å². The number of rotatable bonds is 5. The molecule has 2 rings (SSSR count). The normalized spacial score (nSPS) is 17.4. The molecular weight excluding hydrogens is 224 g/mol. The molecule has 1 aliphatic heterocycles. The van der Waals surface area contributed by atoms with Gasteiger partial charge in [-0.1, -0.05) is 18.2 Å². The molecule has 0 aromatic heterocycles. The highest BCUT2D eigenvalue weighted by Crippen LogP contribution is 2.18. The van der Waals surface area contributed by atoms with E-state index in [1.165, 1.54) is 18.5 Å². The van der Waals surface area contributed by atoms with Gasteiger partial charge in [-0.15, -0.1) is 0 Å². The van der Waals surface area contributed by atoms with Crippen LogP contribution in [0.3, 0.4) is 0 Å². The van der Waals surface area contributed by atoms with Gasteiger partial charge in [-0.3, -0.25) is 0 Å². The maximum atomic E-state index is 5.67. The predicted molar refractivity (Wildman–Crippen MR) is 75.2 cm³/mol. The van der Waals surface area contributed by atoms with Crippen LogP contribution < -0.4 is 10.1 Å². The highest BCUT2D eigenvalue weighted by Gasteiger charge is 2.09. The molecule has 1 heterocycles. The van der Waals surface area contributed by atoms with Crippen molar-refractivity contribution in [2.75, 3.05) is 39.3 Å². The molecule has 0 bridgehead atoms. The lowest BCUT2D eigenvalue weighted by Gasteiger charge is -2.20. The molecule has 0 unspecified atom stereocenters. The van der Waals surface area contributed by atoms with Crippen LogP contribution in [0, 0.1) is 0 Å². The van der Waals surface area contributed by atoms with Crippen LogP contribution in [0.2, 0.25) is 0 Å². The Bertz CT molecular complexity index is 346. The number of benzene rings is 1. The second kappa shape index (κ2) is 7.39. The lowest BCUT2D eigenvalue weighted by atomic mass is 10.1. The van der Waals surface area contributed by atoms with E-state index >= 15 is 0 Å². The van der Waals surface area contributed by atoms with Crippen LogP contribution in [-0.2, 0) is 6.42 Å². The second-order valence-corrected chi connectivity index (χ2v) is 4.74. The van der Waals surface area contributed by atoms with Crippen molar-refractivity contribution in [3.8, 4) is 5.75 Å². The van der Waals surface area contributed by atoms with Crippen molar-refractivity contribution in [2.24, 2.45) is 0 Å². The minimum absolute atomic E-state index is 0.741. The van der Waals surface area contributed by atoms with E-state index in [0.717, 1.165) is 45.0 Å².